The molecular weight excluding hydrogens is 140 g/mol. The maximum Gasteiger partial charge on any atom is 0.0596 e. The molecule has 0 heterocycles. The smallest absolute Gasteiger partial charge is 0.0596 e. The predicted molar refractivity (Wildman–Crippen MR) is 49.9 cm³/mol. The van der Waals surface area contributed by atoms with Crippen molar-refractivity contribution >= 4 is 8.07 Å². The largest absolute Gasteiger partial charge is 0.329 e. The van der Waals surface area contributed by atoms with Gasteiger partial charge in [-0.1, -0.05) is 19.6 Å². The lowest BCUT2D eigenvalue weighted by Gasteiger charge is -2.19. The molecular formula is C7H20N2Si. The van der Waals surface area contributed by atoms with Crippen LogP contribution in [0.1, 0.15) is 6.92 Å². The molecule has 0 aromatic heterocycles. The SMILES string of the molecule is C[C@@H](CN)NC[Si](C)(C)C. The van der Waals surface area contributed by atoms with Gasteiger partial charge in [-0.15, -0.1) is 0 Å². The van der Waals surface area contributed by atoms with Crippen LogP contribution in [0, 0.1) is 0 Å². The van der Waals surface area contributed by atoms with Crippen molar-refractivity contribution in [3.63, 3.8) is 0 Å². The second-order valence-corrected chi connectivity index (χ2v) is 9.55. The minimum absolute atomic E-state index is 0.478. The van der Waals surface area contributed by atoms with Gasteiger partial charge in [0.1, 0.15) is 0 Å². The highest BCUT2D eigenvalue weighted by atomic mass is 28.3. The van der Waals surface area contributed by atoms with Crippen LogP contribution < -0.4 is 11.1 Å². The number of rotatable bonds is 4. The van der Waals surface area contributed by atoms with E-state index in [1.165, 1.54) is 6.17 Å². The molecule has 2 nitrogen and oxygen atoms in total. The molecule has 1 atom stereocenters. The predicted octanol–water partition coefficient (Wildman–Crippen LogP) is 0.801. The molecule has 0 aromatic rings. The fourth-order valence-corrected chi connectivity index (χ4v) is 1.52. The summed E-state index contributed by atoms with van der Waals surface area (Å²) in [5, 5.41) is 3.41. The Morgan fingerprint density at radius 1 is 1.40 bits per heavy atom. The molecule has 0 aliphatic carbocycles. The van der Waals surface area contributed by atoms with Crippen LogP contribution in [0.25, 0.3) is 0 Å². The molecule has 0 radical (unpaired) electrons. The van der Waals surface area contributed by atoms with Gasteiger partial charge in [0.15, 0.2) is 0 Å². The van der Waals surface area contributed by atoms with E-state index in [0.717, 1.165) is 6.54 Å². The molecule has 0 saturated carbocycles. The summed E-state index contributed by atoms with van der Waals surface area (Å²) in [5.74, 6) is 0. The molecule has 10 heavy (non-hydrogen) atoms. The van der Waals surface area contributed by atoms with Crippen LogP contribution in [0.4, 0.5) is 0 Å². The van der Waals surface area contributed by atoms with E-state index >= 15 is 0 Å². The third-order valence-corrected chi connectivity index (χ3v) is 2.60. The van der Waals surface area contributed by atoms with Crippen molar-refractivity contribution in [2.75, 3.05) is 12.7 Å². The first-order valence-electron chi connectivity index (χ1n) is 3.89. The van der Waals surface area contributed by atoms with Crippen molar-refractivity contribution in [3.8, 4) is 0 Å². The van der Waals surface area contributed by atoms with Crippen LogP contribution in [0.3, 0.4) is 0 Å². The Bertz CT molecular complexity index is 88.1. The van der Waals surface area contributed by atoms with Crippen LogP contribution in [-0.2, 0) is 0 Å². The summed E-state index contributed by atoms with van der Waals surface area (Å²) in [5.41, 5.74) is 5.45. The van der Waals surface area contributed by atoms with E-state index in [2.05, 4.69) is 31.9 Å². The number of nitrogens with two attached hydrogens (primary N) is 1. The summed E-state index contributed by atoms with van der Waals surface area (Å²) in [6.07, 6.45) is 1.17. The average Bonchev–Trinajstić information content (AvgIpc) is 1.81. The second kappa shape index (κ2) is 4.11. The van der Waals surface area contributed by atoms with Crippen molar-refractivity contribution in [1.82, 2.24) is 5.32 Å². The van der Waals surface area contributed by atoms with E-state index in [1.54, 1.807) is 0 Å². The van der Waals surface area contributed by atoms with E-state index in [-0.39, 0.29) is 0 Å². The monoisotopic (exact) mass is 160 g/mol. The fraction of sp³-hybridized carbons (Fsp3) is 1.00. The van der Waals surface area contributed by atoms with Crippen molar-refractivity contribution in [1.29, 1.82) is 0 Å². The summed E-state index contributed by atoms with van der Waals surface area (Å²) < 4.78 is 0. The average molecular weight is 160 g/mol. The Morgan fingerprint density at radius 2 is 1.90 bits per heavy atom. The van der Waals surface area contributed by atoms with Gasteiger partial charge in [-0.05, 0) is 13.1 Å². The quantitative estimate of drug-likeness (QED) is 0.597. The zero-order chi connectivity index (χ0) is 8.20. The molecule has 0 aliphatic rings. The zero-order valence-corrected chi connectivity index (χ0v) is 8.57. The van der Waals surface area contributed by atoms with Gasteiger partial charge in [-0.2, -0.15) is 0 Å². The lowest BCUT2D eigenvalue weighted by Crippen LogP contribution is -2.43. The van der Waals surface area contributed by atoms with E-state index in [4.69, 9.17) is 5.73 Å². The lowest BCUT2D eigenvalue weighted by molar-refractivity contribution is 0.601. The minimum Gasteiger partial charge on any atom is -0.329 e. The molecule has 0 aromatic carbocycles. The van der Waals surface area contributed by atoms with Crippen LogP contribution in [-0.4, -0.2) is 26.8 Å². The van der Waals surface area contributed by atoms with E-state index in [9.17, 15) is 0 Å². The van der Waals surface area contributed by atoms with Gasteiger partial charge in [0.05, 0.1) is 8.07 Å². The molecule has 0 aliphatic heterocycles. The molecule has 0 bridgehead atoms. The number of hydrogen-bond donors (Lipinski definition) is 2. The van der Waals surface area contributed by atoms with Crippen LogP contribution >= 0.6 is 0 Å². The van der Waals surface area contributed by atoms with Gasteiger partial charge >= 0.3 is 0 Å². The normalized spacial score (nSPS) is 15.3. The molecule has 0 spiro atoms. The maximum absolute atomic E-state index is 5.45. The van der Waals surface area contributed by atoms with Gasteiger partial charge < -0.3 is 11.1 Å². The molecule has 0 saturated heterocycles. The van der Waals surface area contributed by atoms with Gasteiger partial charge in [-0.25, -0.2) is 0 Å². The third kappa shape index (κ3) is 6.26. The van der Waals surface area contributed by atoms with E-state index < -0.39 is 8.07 Å². The summed E-state index contributed by atoms with van der Waals surface area (Å²) in [4.78, 5) is 0. The number of nitrogens with one attached hydrogen (secondary N) is 1. The van der Waals surface area contributed by atoms with Gasteiger partial charge in [-0.3, -0.25) is 0 Å². The summed E-state index contributed by atoms with van der Waals surface area (Å²) >= 11 is 0. The first-order chi connectivity index (χ1) is 4.45. The van der Waals surface area contributed by atoms with Crippen LogP contribution in [0.5, 0.6) is 0 Å². The highest BCUT2D eigenvalue weighted by molar-refractivity contribution is 6.76. The Kier molecular flexibility index (Phi) is 4.16. The molecule has 0 amide bonds. The Morgan fingerprint density at radius 3 is 2.20 bits per heavy atom. The Labute approximate surface area is 65.2 Å². The fourth-order valence-electron chi connectivity index (χ4n) is 0.564. The molecule has 3 heteroatoms. The molecule has 62 valence electrons. The van der Waals surface area contributed by atoms with Gasteiger partial charge in [0.2, 0.25) is 0 Å². The zero-order valence-electron chi connectivity index (χ0n) is 7.57. The topological polar surface area (TPSA) is 38.0 Å². The summed E-state index contributed by atoms with van der Waals surface area (Å²) in [6, 6.07) is 0.478. The van der Waals surface area contributed by atoms with Crippen LogP contribution in [0.15, 0.2) is 0 Å². The van der Waals surface area contributed by atoms with Crippen molar-refractivity contribution < 1.29 is 0 Å². The summed E-state index contributed by atoms with van der Waals surface area (Å²) in [6.45, 7) is 9.92. The van der Waals surface area contributed by atoms with Crippen molar-refractivity contribution in [2.45, 2.75) is 32.6 Å². The minimum atomic E-state index is -0.903. The molecule has 3 N–H and O–H groups in total. The summed E-state index contributed by atoms with van der Waals surface area (Å²) in [7, 11) is -0.903. The van der Waals surface area contributed by atoms with Gasteiger partial charge in [0.25, 0.3) is 0 Å². The molecule has 0 rings (SSSR count). The first kappa shape index (κ1) is 10.1. The van der Waals surface area contributed by atoms with Gasteiger partial charge in [0, 0.05) is 12.6 Å². The van der Waals surface area contributed by atoms with E-state index in [0.29, 0.717) is 6.04 Å². The highest BCUT2D eigenvalue weighted by Gasteiger charge is 2.12. The molecule has 0 fully saturated rings. The third-order valence-electron chi connectivity index (χ3n) is 1.33. The standard InChI is InChI=1S/C7H20N2Si/c1-7(5-8)9-6-10(2,3)4/h7,9H,5-6,8H2,1-4H3/t7-/m0/s1. The lowest BCUT2D eigenvalue weighted by atomic mass is 10.4. The molecule has 0 unspecified atom stereocenters. The van der Waals surface area contributed by atoms with Crippen molar-refractivity contribution in [3.05, 3.63) is 0 Å². The Hall–Kier alpha value is 0.137. The highest BCUT2D eigenvalue weighted by Crippen LogP contribution is 1.97. The number of hydrogen-bond acceptors (Lipinski definition) is 2. The van der Waals surface area contributed by atoms with E-state index in [1.807, 2.05) is 0 Å². The second-order valence-electron chi connectivity index (χ2n) is 4.08. The van der Waals surface area contributed by atoms with Crippen LogP contribution in [0.2, 0.25) is 19.6 Å². The van der Waals surface area contributed by atoms with Crippen molar-refractivity contribution in [2.24, 2.45) is 5.73 Å². The maximum atomic E-state index is 5.45. The first-order valence-corrected chi connectivity index (χ1v) is 7.60. The Balaban J connectivity index is 3.36.